The second kappa shape index (κ2) is 6.37. The lowest BCUT2D eigenvalue weighted by atomic mass is 10.1. The van der Waals surface area contributed by atoms with E-state index in [-0.39, 0.29) is 0 Å². The van der Waals surface area contributed by atoms with Gasteiger partial charge < -0.3 is 10.2 Å². The van der Waals surface area contributed by atoms with E-state index >= 15 is 0 Å². The van der Waals surface area contributed by atoms with Gasteiger partial charge in [-0.15, -0.1) is 10.2 Å². The molecule has 2 aromatic rings. The number of aromatic nitrogens is 4. The van der Waals surface area contributed by atoms with Crippen LogP contribution in [0.1, 0.15) is 24.1 Å². The molecule has 3 rings (SSSR count). The summed E-state index contributed by atoms with van der Waals surface area (Å²) in [5.41, 5.74) is 1.51. The molecule has 1 saturated heterocycles. The third kappa shape index (κ3) is 3.38. The van der Waals surface area contributed by atoms with Crippen LogP contribution in [-0.2, 0) is 0 Å². The Morgan fingerprint density at radius 1 is 1.19 bits per heavy atom. The summed E-state index contributed by atoms with van der Waals surface area (Å²) in [5.74, 6) is 6.86. The Morgan fingerprint density at radius 3 is 2.71 bits per heavy atom. The van der Waals surface area contributed by atoms with Crippen LogP contribution in [0.25, 0.3) is 0 Å². The van der Waals surface area contributed by atoms with E-state index in [1.165, 1.54) is 0 Å². The lowest BCUT2D eigenvalue weighted by molar-refractivity contribution is 0.441. The van der Waals surface area contributed by atoms with Crippen LogP contribution in [0.2, 0.25) is 0 Å². The number of H-pyrrole nitrogens is 1. The quantitative estimate of drug-likeness (QED) is 0.797. The first kappa shape index (κ1) is 13.6. The molecule has 0 bridgehead atoms. The largest absolute Gasteiger partial charge is 0.355 e. The maximum Gasteiger partial charge on any atom is 0.151 e. The van der Waals surface area contributed by atoms with Gasteiger partial charge in [0.2, 0.25) is 0 Å². The number of anilines is 1. The maximum absolute atomic E-state index is 4.28. The van der Waals surface area contributed by atoms with E-state index < -0.39 is 0 Å². The van der Waals surface area contributed by atoms with Gasteiger partial charge in [0.25, 0.3) is 0 Å². The Balaban J connectivity index is 1.68. The van der Waals surface area contributed by atoms with Crippen molar-refractivity contribution in [1.29, 1.82) is 0 Å². The Morgan fingerprint density at radius 2 is 2.05 bits per heavy atom. The van der Waals surface area contributed by atoms with E-state index in [4.69, 9.17) is 0 Å². The molecule has 21 heavy (non-hydrogen) atoms. The monoisotopic (exact) mass is 282 g/mol. The molecular weight excluding hydrogens is 264 g/mol. The number of nitrogens with one attached hydrogen (secondary N) is 2. The van der Waals surface area contributed by atoms with Gasteiger partial charge in [0.1, 0.15) is 5.69 Å². The molecule has 1 aliphatic heterocycles. The van der Waals surface area contributed by atoms with Gasteiger partial charge in [-0.2, -0.15) is 5.10 Å². The molecule has 6 heteroatoms. The van der Waals surface area contributed by atoms with Crippen molar-refractivity contribution in [1.82, 2.24) is 25.7 Å². The van der Waals surface area contributed by atoms with Gasteiger partial charge in [-0.3, -0.25) is 5.10 Å². The molecule has 2 aromatic heterocycles. The van der Waals surface area contributed by atoms with Gasteiger partial charge in [0, 0.05) is 19.3 Å². The minimum atomic E-state index is 0.531. The fourth-order valence-electron chi connectivity index (χ4n) is 2.42. The van der Waals surface area contributed by atoms with Crippen LogP contribution in [0.3, 0.4) is 0 Å². The molecule has 0 amide bonds. The molecule has 108 valence electrons. The van der Waals surface area contributed by atoms with Crippen LogP contribution in [0, 0.1) is 11.8 Å². The second-order valence-corrected chi connectivity index (χ2v) is 5.11. The SMILES string of the molecule is CN(c1ccc(C#Cc2cn[nH]c2)nn1)C1CCNCC1. The van der Waals surface area contributed by atoms with Crippen LogP contribution in [0.4, 0.5) is 5.82 Å². The maximum atomic E-state index is 4.28. The predicted molar refractivity (Wildman–Crippen MR) is 80.9 cm³/mol. The first-order valence-corrected chi connectivity index (χ1v) is 7.11. The van der Waals surface area contributed by atoms with Crippen LogP contribution in [0.15, 0.2) is 24.5 Å². The van der Waals surface area contributed by atoms with Crippen molar-refractivity contribution in [2.45, 2.75) is 18.9 Å². The zero-order chi connectivity index (χ0) is 14.5. The number of piperidine rings is 1. The molecule has 3 heterocycles. The minimum Gasteiger partial charge on any atom is -0.355 e. The molecule has 1 fully saturated rings. The number of hydrogen-bond donors (Lipinski definition) is 2. The Bertz CT molecular complexity index is 616. The first-order chi connectivity index (χ1) is 10.3. The third-order valence-corrected chi connectivity index (χ3v) is 3.70. The highest BCUT2D eigenvalue weighted by molar-refractivity contribution is 5.42. The summed E-state index contributed by atoms with van der Waals surface area (Å²) in [6, 6.07) is 4.42. The summed E-state index contributed by atoms with van der Waals surface area (Å²) in [6.07, 6.45) is 5.71. The normalized spacial score (nSPS) is 15.3. The van der Waals surface area contributed by atoms with Gasteiger partial charge in [-0.1, -0.05) is 5.92 Å². The second-order valence-electron chi connectivity index (χ2n) is 5.11. The lowest BCUT2D eigenvalue weighted by Crippen LogP contribution is -2.41. The van der Waals surface area contributed by atoms with Gasteiger partial charge >= 0.3 is 0 Å². The summed E-state index contributed by atoms with van der Waals surface area (Å²) in [6.45, 7) is 2.13. The third-order valence-electron chi connectivity index (χ3n) is 3.70. The fraction of sp³-hybridized carbons (Fsp3) is 0.400. The Labute approximate surface area is 124 Å². The number of nitrogens with zero attached hydrogens (tertiary/aromatic N) is 4. The molecule has 0 radical (unpaired) electrons. The lowest BCUT2D eigenvalue weighted by Gasteiger charge is -2.32. The van der Waals surface area contributed by atoms with Gasteiger partial charge in [0.05, 0.1) is 11.8 Å². The van der Waals surface area contributed by atoms with Crippen LogP contribution in [-0.4, -0.2) is 46.6 Å². The van der Waals surface area contributed by atoms with Gasteiger partial charge in [-0.05, 0) is 44.0 Å². The summed E-state index contributed by atoms with van der Waals surface area (Å²) in [7, 11) is 2.08. The average molecular weight is 282 g/mol. The highest BCUT2D eigenvalue weighted by atomic mass is 15.3. The standard InChI is InChI=1S/C15H18N6/c1-21(14-6-8-16-9-7-14)15-5-4-13(19-20-15)3-2-12-10-17-18-11-12/h4-5,10-11,14,16H,6-9H2,1H3,(H,17,18). The molecule has 0 aliphatic carbocycles. The van der Waals surface area contributed by atoms with Gasteiger partial charge in [-0.25, -0.2) is 0 Å². The minimum absolute atomic E-state index is 0.531. The topological polar surface area (TPSA) is 69.7 Å². The highest BCUT2D eigenvalue weighted by Crippen LogP contribution is 2.16. The van der Waals surface area contributed by atoms with Crippen molar-refractivity contribution in [3.63, 3.8) is 0 Å². The summed E-state index contributed by atoms with van der Waals surface area (Å²) in [5, 5.41) is 18.4. The molecule has 0 unspecified atom stereocenters. The molecule has 1 aliphatic rings. The van der Waals surface area contributed by atoms with Crippen molar-refractivity contribution in [3.8, 4) is 11.8 Å². The number of rotatable bonds is 2. The summed E-state index contributed by atoms with van der Waals surface area (Å²) >= 11 is 0. The van der Waals surface area contributed by atoms with E-state index in [1.54, 1.807) is 12.4 Å². The fourth-order valence-corrected chi connectivity index (χ4v) is 2.42. The van der Waals surface area contributed by atoms with E-state index in [9.17, 15) is 0 Å². The zero-order valence-electron chi connectivity index (χ0n) is 12.0. The number of aromatic amines is 1. The zero-order valence-corrected chi connectivity index (χ0v) is 12.0. The Kier molecular flexibility index (Phi) is 4.12. The van der Waals surface area contributed by atoms with Crippen LogP contribution in [0.5, 0.6) is 0 Å². The van der Waals surface area contributed by atoms with E-state index in [2.05, 4.69) is 49.5 Å². The van der Waals surface area contributed by atoms with Gasteiger partial charge in [0.15, 0.2) is 5.82 Å². The average Bonchev–Trinajstić information content (AvgIpc) is 3.07. The van der Waals surface area contributed by atoms with Crippen molar-refractivity contribution in [3.05, 3.63) is 35.8 Å². The summed E-state index contributed by atoms with van der Waals surface area (Å²) in [4.78, 5) is 2.21. The molecule has 0 aromatic carbocycles. The molecule has 0 spiro atoms. The Hall–Kier alpha value is -2.39. The van der Waals surface area contributed by atoms with Crippen LogP contribution >= 0.6 is 0 Å². The first-order valence-electron chi connectivity index (χ1n) is 7.11. The summed E-state index contributed by atoms with van der Waals surface area (Å²) < 4.78 is 0. The predicted octanol–water partition coefficient (Wildman–Crippen LogP) is 0.788. The van der Waals surface area contributed by atoms with Crippen molar-refractivity contribution >= 4 is 5.82 Å². The molecule has 0 saturated carbocycles. The van der Waals surface area contributed by atoms with Crippen molar-refractivity contribution in [2.24, 2.45) is 0 Å². The number of hydrogen-bond acceptors (Lipinski definition) is 5. The molecule has 2 N–H and O–H groups in total. The molecule has 0 atom stereocenters. The molecule has 6 nitrogen and oxygen atoms in total. The highest BCUT2D eigenvalue weighted by Gasteiger charge is 2.18. The van der Waals surface area contributed by atoms with E-state index in [0.29, 0.717) is 11.7 Å². The van der Waals surface area contributed by atoms with Crippen LogP contribution < -0.4 is 10.2 Å². The van der Waals surface area contributed by atoms with Crippen molar-refractivity contribution in [2.75, 3.05) is 25.0 Å². The smallest absolute Gasteiger partial charge is 0.151 e. The van der Waals surface area contributed by atoms with Crippen molar-refractivity contribution < 1.29 is 0 Å². The van der Waals surface area contributed by atoms with E-state index in [1.807, 2.05) is 12.1 Å². The van der Waals surface area contributed by atoms with E-state index in [0.717, 1.165) is 37.3 Å². The molecular formula is C15H18N6.